The smallest absolute Gasteiger partial charge is 0.340 e. The fourth-order valence-electron chi connectivity index (χ4n) is 3.71. The summed E-state index contributed by atoms with van der Waals surface area (Å²) in [7, 11) is 0. The van der Waals surface area contributed by atoms with Crippen LogP contribution in [0.25, 0.3) is 11.3 Å². The molecule has 0 radical (unpaired) electrons. The van der Waals surface area contributed by atoms with Gasteiger partial charge in [0.25, 0.3) is 5.91 Å². The van der Waals surface area contributed by atoms with E-state index >= 15 is 0 Å². The monoisotopic (exact) mass is 449 g/mol. The van der Waals surface area contributed by atoms with Gasteiger partial charge in [-0.3, -0.25) is 4.79 Å². The van der Waals surface area contributed by atoms with Crippen LogP contribution in [0.15, 0.2) is 24.3 Å². The Morgan fingerprint density at radius 3 is 2.58 bits per heavy atom. The molecule has 0 amide bonds. The third kappa shape index (κ3) is 5.51. The predicted octanol–water partition coefficient (Wildman–Crippen LogP) is 2.76. The minimum Gasteiger partial charge on any atom is -0.420 e. The molecule has 8 nitrogen and oxygen atoms in total. The highest BCUT2D eigenvalue weighted by atomic mass is 35.5. The Bertz CT molecular complexity index is 907. The summed E-state index contributed by atoms with van der Waals surface area (Å²) < 4.78 is 6.83. The van der Waals surface area contributed by atoms with Crippen molar-refractivity contribution in [3.63, 3.8) is 0 Å². The number of ether oxygens (including phenoxy) is 1. The number of hydrogen-bond acceptors (Lipinski definition) is 7. The zero-order chi connectivity index (χ0) is 22.4. The van der Waals surface area contributed by atoms with Crippen molar-refractivity contribution in [1.29, 1.82) is 0 Å². The van der Waals surface area contributed by atoms with Gasteiger partial charge in [-0.1, -0.05) is 43.5 Å². The lowest BCUT2D eigenvalue weighted by Gasteiger charge is -2.24. The van der Waals surface area contributed by atoms with E-state index in [4.69, 9.17) is 16.3 Å². The van der Waals surface area contributed by atoms with Crippen LogP contribution >= 0.6 is 11.6 Å². The normalized spacial score (nSPS) is 15.6. The number of unbranched alkanes of at least 4 members (excludes halogenated alkanes) is 1. The maximum atomic E-state index is 12.7. The second-order valence-electron chi connectivity index (χ2n) is 7.64. The van der Waals surface area contributed by atoms with Gasteiger partial charge < -0.3 is 20.3 Å². The minimum absolute atomic E-state index is 0.0964. The van der Waals surface area contributed by atoms with Gasteiger partial charge in [-0.15, -0.1) is 0 Å². The van der Waals surface area contributed by atoms with E-state index in [1.807, 2.05) is 6.92 Å². The molecule has 0 bridgehead atoms. The summed E-state index contributed by atoms with van der Waals surface area (Å²) in [6, 6.07) is 6.79. The Morgan fingerprint density at radius 1 is 1.29 bits per heavy atom. The van der Waals surface area contributed by atoms with Gasteiger partial charge in [-0.2, -0.15) is 9.78 Å². The molecule has 3 N–H and O–H groups in total. The van der Waals surface area contributed by atoms with Crippen LogP contribution in [0.3, 0.4) is 0 Å². The van der Waals surface area contributed by atoms with Gasteiger partial charge in [-0.25, -0.2) is 4.79 Å². The fourth-order valence-corrected chi connectivity index (χ4v) is 3.83. The van der Waals surface area contributed by atoms with Crippen LogP contribution in [0, 0.1) is 0 Å². The summed E-state index contributed by atoms with van der Waals surface area (Å²) >= 11 is 6.01. The first-order valence-electron chi connectivity index (χ1n) is 10.6. The largest absolute Gasteiger partial charge is 0.420 e. The van der Waals surface area contributed by atoms with Crippen LogP contribution in [0.5, 0.6) is 5.75 Å². The van der Waals surface area contributed by atoms with Crippen LogP contribution in [-0.4, -0.2) is 57.7 Å². The average molecular weight is 450 g/mol. The third-order valence-corrected chi connectivity index (χ3v) is 5.65. The average Bonchev–Trinajstić information content (AvgIpc) is 3.16. The Balaban J connectivity index is 2.10. The predicted molar refractivity (Wildman–Crippen MR) is 116 cm³/mol. The molecule has 0 spiro atoms. The number of aliphatic hydroxyl groups excluding tert-OH is 2. The zero-order valence-electron chi connectivity index (χ0n) is 17.5. The Hall–Kier alpha value is -2.26. The van der Waals surface area contributed by atoms with Crippen LogP contribution in [0.4, 0.5) is 0 Å². The number of benzene rings is 1. The Morgan fingerprint density at radius 2 is 1.97 bits per heavy atom. The number of piperidine rings is 1. The van der Waals surface area contributed by atoms with Crippen LogP contribution < -0.4 is 10.1 Å². The molecule has 1 aliphatic rings. The van der Waals surface area contributed by atoms with Gasteiger partial charge in [0.05, 0.1) is 5.69 Å². The van der Waals surface area contributed by atoms with E-state index in [-0.39, 0.29) is 18.1 Å². The van der Waals surface area contributed by atoms with Crippen molar-refractivity contribution in [1.82, 2.24) is 15.1 Å². The van der Waals surface area contributed by atoms with Crippen molar-refractivity contribution >= 4 is 23.5 Å². The van der Waals surface area contributed by atoms with Gasteiger partial charge in [0.2, 0.25) is 0 Å². The quantitative estimate of drug-likeness (QED) is 0.531. The van der Waals surface area contributed by atoms with E-state index in [9.17, 15) is 19.8 Å². The number of esters is 1. The highest BCUT2D eigenvalue weighted by Crippen LogP contribution is 2.40. The first-order valence-corrected chi connectivity index (χ1v) is 11.0. The van der Waals surface area contributed by atoms with E-state index in [0.29, 0.717) is 41.2 Å². The van der Waals surface area contributed by atoms with E-state index in [1.165, 1.54) is 0 Å². The van der Waals surface area contributed by atoms with Crippen LogP contribution in [-0.2, 0) is 4.79 Å². The van der Waals surface area contributed by atoms with Crippen molar-refractivity contribution in [2.24, 2.45) is 0 Å². The molecular formula is C22H28ClN3O5. The van der Waals surface area contributed by atoms with Gasteiger partial charge in [0, 0.05) is 16.5 Å². The molecule has 1 aromatic heterocycles. The molecular weight excluding hydrogens is 422 g/mol. The fraction of sp³-hybridized carbons (Fsp3) is 0.500. The second kappa shape index (κ2) is 10.9. The van der Waals surface area contributed by atoms with Crippen molar-refractivity contribution in [2.75, 3.05) is 19.7 Å². The third-order valence-electron chi connectivity index (χ3n) is 5.40. The molecule has 0 aliphatic carbocycles. The SMILES string of the molecule is CCCCC(O)C(=O)Oc1c(-c2ccc(Cl)cc2)nn(C(=O)CO)c1C1CCNCC1. The maximum Gasteiger partial charge on any atom is 0.340 e. The number of carbonyl (C=O) groups excluding carboxylic acids is 2. The summed E-state index contributed by atoms with van der Waals surface area (Å²) in [4.78, 5) is 25.2. The molecule has 168 valence electrons. The van der Waals surface area contributed by atoms with Crippen molar-refractivity contribution in [3.05, 3.63) is 35.0 Å². The Kier molecular flexibility index (Phi) is 8.20. The molecule has 1 fully saturated rings. The number of nitrogens with zero attached hydrogens (tertiary/aromatic N) is 2. The number of aliphatic hydroxyl groups is 2. The molecule has 31 heavy (non-hydrogen) atoms. The number of hydrogen-bond donors (Lipinski definition) is 3. The summed E-state index contributed by atoms with van der Waals surface area (Å²) in [5.74, 6) is -1.34. The summed E-state index contributed by atoms with van der Waals surface area (Å²) in [5.41, 5.74) is 1.35. The molecule has 2 heterocycles. The molecule has 1 unspecified atom stereocenters. The summed E-state index contributed by atoms with van der Waals surface area (Å²) in [6.07, 6.45) is 1.97. The van der Waals surface area contributed by atoms with E-state index < -0.39 is 24.6 Å². The van der Waals surface area contributed by atoms with Crippen LogP contribution in [0.2, 0.25) is 5.02 Å². The lowest BCUT2D eigenvalue weighted by molar-refractivity contribution is -0.144. The lowest BCUT2D eigenvalue weighted by Crippen LogP contribution is -2.30. The zero-order valence-corrected chi connectivity index (χ0v) is 18.3. The highest BCUT2D eigenvalue weighted by molar-refractivity contribution is 6.30. The molecule has 0 saturated carbocycles. The van der Waals surface area contributed by atoms with Gasteiger partial charge in [0.1, 0.15) is 12.3 Å². The summed E-state index contributed by atoms with van der Waals surface area (Å²) in [5, 5.41) is 27.9. The Labute approximate surface area is 186 Å². The topological polar surface area (TPSA) is 114 Å². The molecule has 1 aliphatic heterocycles. The maximum absolute atomic E-state index is 12.7. The lowest BCUT2D eigenvalue weighted by atomic mass is 9.93. The first-order chi connectivity index (χ1) is 15.0. The number of halogens is 1. The first kappa shape index (κ1) is 23.4. The second-order valence-corrected chi connectivity index (χ2v) is 8.07. The van der Waals surface area contributed by atoms with Gasteiger partial charge in [-0.05, 0) is 44.5 Å². The van der Waals surface area contributed by atoms with E-state index in [2.05, 4.69) is 10.4 Å². The molecule has 9 heteroatoms. The van der Waals surface area contributed by atoms with Crippen molar-refractivity contribution in [2.45, 2.75) is 51.0 Å². The molecule has 1 atom stereocenters. The minimum atomic E-state index is -1.27. The number of carbonyl (C=O) groups is 2. The van der Waals surface area contributed by atoms with Crippen molar-refractivity contribution in [3.8, 4) is 17.0 Å². The molecule has 3 rings (SSSR count). The van der Waals surface area contributed by atoms with Crippen LogP contribution in [0.1, 0.15) is 55.4 Å². The van der Waals surface area contributed by atoms with E-state index in [0.717, 1.165) is 24.2 Å². The van der Waals surface area contributed by atoms with Gasteiger partial charge in [0.15, 0.2) is 11.9 Å². The van der Waals surface area contributed by atoms with Crippen molar-refractivity contribution < 1.29 is 24.5 Å². The van der Waals surface area contributed by atoms with Gasteiger partial charge >= 0.3 is 5.97 Å². The number of rotatable bonds is 8. The highest BCUT2D eigenvalue weighted by Gasteiger charge is 2.32. The number of aromatic nitrogens is 2. The number of nitrogens with one attached hydrogen (secondary N) is 1. The van der Waals surface area contributed by atoms with E-state index in [1.54, 1.807) is 24.3 Å². The molecule has 2 aromatic rings. The molecule has 1 aromatic carbocycles. The standard InChI is InChI=1S/C22H28ClN3O5/c1-2-3-4-17(28)22(30)31-21-19(14-5-7-16(23)8-6-14)25-26(18(29)13-27)20(21)15-9-11-24-12-10-15/h5-8,15,17,24,27-28H,2-4,9-13H2,1H3. The summed E-state index contributed by atoms with van der Waals surface area (Å²) in [6.45, 7) is 2.72. The molecule has 1 saturated heterocycles.